The molecule has 0 aromatic carbocycles. The molecule has 0 aliphatic heterocycles. The summed E-state index contributed by atoms with van der Waals surface area (Å²) in [4.78, 5) is 23.0. The van der Waals surface area contributed by atoms with E-state index in [0.717, 1.165) is 12.8 Å². The number of amides is 1. The number of carbonyl (C=O) groups is 1. The van der Waals surface area contributed by atoms with Gasteiger partial charge in [0.15, 0.2) is 0 Å². The van der Waals surface area contributed by atoms with E-state index >= 15 is 0 Å². The lowest BCUT2D eigenvalue weighted by molar-refractivity contribution is 0.0920. The van der Waals surface area contributed by atoms with Gasteiger partial charge in [0, 0.05) is 19.2 Å². The lowest BCUT2D eigenvalue weighted by Gasteiger charge is -2.22. The Morgan fingerprint density at radius 2 is 2.06 bits per heavy atom. The van der Waals surface area contributed by atoms with Crippen LogP contribution < -0.4 is 10.9 Å². The van der Waals surface area contributed by atoms with Crippen molar-refractivity contribution < 1.29 is 4.79 Å². The highest BCUT2D eigenvalue weighted by molar-refractivity contribution is 5.92. The van der Waals surface area contributed by atoms with Crippen molar-refractivity contribution in [1.82, 2.24) is 15.1 Å². The van der Waals surface area contributed by atoms with Gasteiger partial charge < -0.3 is 5.32 Å². The number of aryl methyl sites for hydroxylation is 1. The second-order valence-corrected chi connectivity index (χ2v) is 4.49. The summed E-state index contributed by atoms with van der Waals surface area (Å²) in [7, 11) is 1.54. The number of carbonyl (C=O) groups excluding carboxylic acids is 1. The Kier molecular flexibility index (Phi) is 3.56. The first-order chi connectivity index (χ1) is 8.16. The fraction of sp³-hybridized carbons (Fsp3) is 0.583. The van der Waals surface area contributed by atoms with Gasteiger partial charge in [-0.1, -0.05) is 19.3 Å². The molecule has 1 amide bonds. The van der Waals surface area contributed by atoms with E-state index in [1.807, 2.05) is 0 Å². The number of rotatable bonds is 2. The zero-order chi connectivity index (χ0) is 12.3. The highest BCUT2D eigenvalue weighted by Crippen LogP contribution is 2.17. The van der Waals surface area contributed by atoms with Crippen LogP contribution in [0.25, 0.3) is 0 Å². The Labute approximate surface area is 99.8 Å². The molecule has 0 bridgehead atoms. The smallest absolute Gasteiger partial charge is 0.271 e. The van der Waals surface area contributed by atoms with Gasteiger partial charge in [-0.25, -0.2) is 4.68 Å². The summed E-state index contributed by atoms with van der Waals surface area (Å²) in [5.74, 6) is -0.187. The maximum Gasteiger partial charge on any atom is 0.271 e. The van der Waals surface area contributed by atoms with Crippen LogP contribution >= 0.6 is 0 Å². The Bertz CT molecular complexity index is 461. The second kappa shape index (κ2) is 5.12. The van der Waals surface area contributed by atoms with Crippen LogP contribution in [-0.4, -0.2) is 21.7 Å². The van der Waals surface area contributed by atoms with Gasteiger partial charge in [-0.2, -0.15) is 5.10 Å². The van der Waals surface area contributed by atoms with E-state index in [0.29, 0.717) is 5.69 Å². The third-order valence-electron chi connectivity index (χ3n) is 3.13. The van der Waals surface area contributed by atoms with Crippen molar-refractivity contribution in [1.29, 1.82) is 0 Å². The van der Waals surface area contributed by atoms with Crippen molar-refractivity contribution in [2.75, 3.05) is 0 Å². The molecule has 2 rings (SSSR count). The van der Waals surface area contributed by atoms with Crippen LogP contribution in [0, 0.1) is 0 Å². The molecule has 0 saturated heterocycles. The predicted octanol–water partition coefficient (Wildman–Crippen LogP) is 0.843. The van der Waals surface area contributed by atoms with Gasteiger partial charge in [-0.3, -0.25) is 9.59 Å². The Morgan fingerprint density at radius 3 is 2.71 bits per heavy atom. The molecule has 17 heavy (non-hydrogen) atoms. The lowest BCUT2D eigenvalue weighted by atomic mass is 9.95. The minimum absolute atomic E-state index is 0.187. The fourth-order valence-corrected chi connectivity index (χ4v) is 2.13. The van der Waals surface area contributed by atoms with E-state index in [-0.39, 0.29) is 17.5 Å². The highest BCUT2D eigenvalue weighted by atomic mass is 16.2. The van der Waals surface area contributed by atoms with Gasteiger partial charge >= 0.3 is 0 Å². The van der Waals surface area contributed by atoms with E-state index < -0.39 is 0 Å². The van der Waals surface area contributed by atoms with E-state index in [2.05, 4.69) is 10.4 Å². The van der Waals surface area contributed by atoms with Gasteiger partial charge in [0.05, 0.1) is 0 Å². The van der Waals surface area contributed by atoms with Gasteiger partial charge in [-0.15, -0.1) is 0 Å². The molecule has 1 heterocycles. The molecule has 0 atom stereocenters. The second-order valence-electron chi connectivity index (χ2n) is 4.49. The summed E-state index contributed by atoms with van der Waals surface area (Å²) in [5, 5.41) is 6.90. The molecule has 0 unspecified atom stereocenters. The molecule has 0 spiro atoms. The number of nitrogens with zero attached hydrogens (tertiary/aromatic N) is 2. The van der Waals surface area contributed by atoms with Crippen LogP contribution in [-0.2, 0) is 7.05 Å². The molecule has 1 aromatic heterocycles. The molecule has 5 heteroatoms. The molecule has 1 saturated carbocycles. The normalized spacial score (nSPS) is 16.8. The summed E-state index contributed by atoms with van der Waals surface area (Å²) in [6.45, 7) is 0. The molecule has 92 valence electrons. The van der Waals surface area contributed by atoms with Crippen molar-refractivity contribution >= 4 is 5.91 Å². The predicted molar refractivity (Wildman–Crippen MR) is 63.8 cm³/mol. The van der Waals surface area contributed by atoms with E-state index in [1.165, 1.54) is 36.1 Å². The third-order valence-corrected chi connectivity index (χ3v) is 3.13. The van der Waals surface area contributed by atoms with E-state index in [4.69, 9.17) is 0 Å². The zero-order valence-electron chi connectivity index (χ0n) is 9.98. The maximum atomic E-state index is 11.9. The van der Waals surface area contributed by atoms with Crippen LogP contribution in [0.5, 0.6) is 0 Å². The number of nitrogens with one attached hydrogen (secondary N) is 1. The first-order valence-corrected chi connectivity index (χ1v) is 6.02. The Hall–Kier alpha value is -1.65. The van der Waals surface area contributed by atoms with Crippen LogP contribution in [0.15, 0.2) is 16.9 Å². The largest absolute Gasteiger partial charge is 0.348 e. The van der Waals surface area contributed by atoms with Crippen molar-refractivity contribution in [3.63, 3.8) is 0 Å². The Balaban J connectivity index is 2.03. The number of aromatic nitrogens is 2. The van der Waals surface area contributed by atoms with Gasteiger partial charge in [0.2, 0.25) is 0 Å². The molecule has 0 radical (unpaired) electrons. The first kappa shape index (κ1) is 11.8. The van der Waals surface area contributed by atoms with Crippen LogP contribution in [0.2, 0.25) is 0 Å². The molecule has 1 aromatic rings. The Morgan fingerprint density at radius 1 is 1.35 bits per heavy atom. The molecule has 1 aliphatic carbocycles. The lowest BCUT2D eigenvalue weighted by Crippen LogP contribution is -2.37. The quantitative estimate of drug-likeness (QED) is 0.826. The molecular formula is C12H17N3O2. The van der Waals surface area contributed by atoms with Crippen molar-refractivity contribution in [2.24, 2.45) is 7.05 Å². The summed E-state index contributed by atoms with van der Waals surface area (Å²) in [5.41, 5.74) is 0.0943. The average molecular weight is 235 g/mol. The minimum atomic E-state index is -0.209. The van der Waals surface area contributed by atoms with Crippen LogP contribution in [0.1, 0.15) is 42.6 Å². The first-order valence-electron chi connectivity index (χ1n) is 6.02. The van der Waals surface area contributed by atoms with Gasteiger partial charge in [-0.05, 0) is 18.9 Å². The zero-order valence-corrected chi connectivity index (χ0v) is 9.98. The summed E-state index contributed by atoms with van der Waals surface area (Å²) in [6.07, 6.45) is 5.68. The van der Waals surface area contributed by atoms with Gasteiger partial charge in [0.25, 0.3) is 11.5 Å². The average Bonchev–Trinajstić information content (AvgIpc) is 2.34. The molecule has 1 N–H and O–H groups in total. The minimum Gasteiger partial charge on any atom is -0.348 e. The molecular weight excluding hydrogens is 218 g/mol. The summed E-state index contributed by atoms with van der Waals surface area (Å²) >= 11 is 0. The van der Waals surface area contributed by atoms with Crippen molar-refractivity contribution in [2.45, 2.75) is 38.1 Å². The maximum absolute atomic E-state index is 11.9. The number of hydrogen-bond donors (Lipinski definition) is 1. The molecule has 5 nitrogen and oxygen atoms in total. The van der Waals surface area contributed by atoms with Gasteiger partial charge in [0.1, 0.15) is 5.69 Å². The van der Waals surface area contributed by atoms with Crippen molar-refractivity contribution in [3.8, 4) is 0 Å². The molecule has 1 fully saturated rings. The van der Waals surface area contributed by atoms with Crippen LogP contribution in [0.4, 0.5) is 0 Å². The van der Waals surface area contributed by atoms with E-state index in [9.17, 15) is 9.59 Å². The standard InChI is InChI=1S/C12H17N3O2/c1-15-11(16)8-7-10(14-15)12(17)13-9-5-3-2-4-6-9/h7-9H,2-6H2,1H3,(H,13,17). The summed E-state index contributed by atoms with van der Waals surface area (Å²) < 4.78 is 1.18. The highest BCUT2D eigenvalue weighted by Gasteiger charge is 2.17. The third kappa shape index (κ3) is 2.93. The SMILES string of the molecule is Cn1nc(C(=O)NC2CCCCC2)ccc1=O. The molecule has 1 aliphatic rings. The van der Waals surface area contributed by atoms with Crippen LogP contribution in [0.3, 0.4) is 0 Å². The van der Waals surface area contributed by atoms with Crippen molar-refractivity contribution in [3.05, 3.63) is 28.2 Å². The number of hydrogen-bond acceptors (Lipinski definition) is 3. The monoisotopic (exact) mass is 235 g/mol. The van der Waals surface area contributed by atoms with E-state index in [1.54, 1.807) is 7.05 Å². The fourth-order valence-electron chi connectivity index (χ4n) is 2.13. The topological polar surface area (TPSA) is 64.0 Å². The summed E-state index contributed by atoms with van der Waals surface area (Å²) in [6, 6.07) is 3.10.